The highest BCUT2D eigenvalue weighted by atomic mass is 127. The van der Waals surface area contributed by atoms with E-state index in [0.29, 0.717) is 32.0 Å². The number of thioether (sulfide) groups is 1. The Balaban J connectivity index is 0.00000312. The molecule has 0 saturated carbocycles. The molecule has 0 radical (unpaired) electrons. The van der Waals surface area contributed by atoms with Crippen LogP contribution in [0.3, 0.4) is 0 Å². The fourth-order valence-electron chi connectivity index (χ4n) is 2.66. The van der Waals surface area contributed by atoms with Gasteiger partial charge in [-0.05, 0) is 30.4 Å². The molecule has 4 nitrogen and oxygen atoms in total. The third-order valence-corrected chi connectivity index (χ3v) is 4.60. The van der Waals surface area contributed by atoms with E-state index < -0.39 is 12.7 Å². The van der Waals surface area contributed by atoms with E-state index in [0.717, 1.165) is 5.56 Å². The lowest BCUT2D eigenvalue weighted by Gasteiger charge is -2.19. The van der Waals surface area contributed by atoms with Gasteiger partial charge in [0.15, 0.2) is 5.96 Å². The molecule has 0 bridgehead atoms. The molecule has 0 spiro atoms. The lowest BCUT2D eigenvalue weighted by atomic mass is 10.2. The Morgan fingerprint density at radius 3 is 2.56 bits per heavy atom. The summed E-state index contributed by atoms with van der Waals surface area (Å²) in [6.07, 6.45) is -1.43. The van der Waals surface area contributed by atoms with E-state index in [1.807, 2.05) is 18.4 Å². The maximum Gasteiger partial charge on any atom is 0.401 e. The predicted molar refractivity (Wildman–Crippen MR) is 108 cm³/mol. The molecular weight excluding hydrogens is 464 g/mol. The van der Waals surface area contributed by atoms with Crippen LogP contribution in [0.25, 0.3) is 0 Å². The van der Waals surface area contributed by atoms with Crippen LogP contribution in [-0.2, 0) is 6.54 Å². The predicted octanol–water partition coefficient (Wildman–Crippen LogP) is 3.33. The number of halogens is 4. The summed E-state index contributed by atoms with van der Waals surface area (Å²) in [5.41, 5.74) is 1.13. The fourth-order valence-corrected chi connectivity index (χ4v) is 3.07. The number of hydrogen-bond donors (Lipinski definition) is 2. The van der Waals surface area contributed by atoms with E-state index in [1.54, 1.807) is 18.8 Å². The Kier molecular flexibility index (Phi) is 9.36. The van der Waals surface area contributed by atoms with Crippen LogP contribution < -0.4 is 10.6 Å². The molecule has 25 heavy (non-hydrogen) atoms. The topological polar surface area (TPSA) is 39.7 Å². The van der Waals surface area contributed by atoms with Gasteiger partial charge in [-0.3, -0.25) is 9.89 Å². The summed E-state index contributed by atoms with van der Waals surface area (Å²) < 4.78 is 37.3. The minimum atomic E-state index is -4.14. The second kappa shape index (κ2) is 10.5. The molecule has 2 N–H and O–H groups in total. The molecule has 1 aromatic rings. The highest BCUT2D eigenvalue weighted by Gasteiger charge is 2.34. The van der Waals surface area contributed by atoms with Gasteiger partial charge in [-0.25, -0.2) is 0 Å². The number of alkyl halides is 3. The fraction of sp³-hybridized carbons (Fsp3) is 0.562. The van der Waals surface area contributed by atoms with E-state index in [4.69, 9.17) is 0 Å². The molecule has 1 aromatic carbocycles. The maximum absolute atomic E-state index is 12.4. The number of likely N-dealkylation sites (tertiary alicyclic amines) is 1. The van der Waals surface area contributed by atoms with E-state index in [2.05, 4.69) is 27.8 Å². The van der Waals surface area contributed by atoms with Gasteiger partial charge in [0.05, 0.1) is 6.54 Å². The minimum absolute atomic E-state index is 0. The van der Waals surface area contributed by atoms with Crippen molar-refractivity contribution in [1.29, 1.82) is 0 Å². The third-order valence-electron chi connectivity index (χ3n) is 3.86. The van der Waals surface area contributed by atoms with Crippen molar-refractivity contribution in [3.8, 4) is 0 Å². The summed E-state index contributed by atoms with van der Waals surface area (Å²) in [4.78, 5) is 6.78. The van der Waals surface area contributed by atoms with Gasteiger partial charge in [-0.2, -0.15) is 13.2 Å². The first-order valence-corrected chi connectivity index (χ1v) is 9.01. The molecule has 1 heterocycles. The van der Waals surface area contributed by atoms with Gasteiger partial charge in [0.25, 0.3) is 0 Å². The highest BCUT2D eigenvalue weighted by Crippen LogP contribution is 2.20. The zero-order chi connectivity index (χ0) is 17.6. The number of aliphatic imine (C=N–C) groups is 1. The van der Waals surface area contributed by atoms with Crippen molar-refractivity contribution in [2.75, 3.05) is 32.9 Å². The van der Waals surface area contributed by atoms with Gasteiger partial charge in [0.2, 0.25) is 0 Å². The van der Waals surface area contributed by atoms with Crippen molar-refractivity contribution in [2.45, 2.75) is 30.1 Å². The normalized spacial score (nSPS) is 18.8. The summed E-state index contributed by atoms with van der Waals surface area (Å²) >= 11 is 1.69. The van der Waals surface area contributed by atoms with E-state index in [9.17, 15) is 13.2 Å². The van der Waals surface area contributed by atoms with E-state index >= 15 is 0 Å². The number of nitrogens with one attached hydrogen (secondary N) is 2. The van der Waals surface area contributed by atoms with E-state index in [-0.39, 0.29) is 30.0 Å². The standard InChI is InChI=1S/C16H23F3N4S.HI/c1-20-15(21-9-12-3-5-14(24-2)6-4-12)22-13-7-8-23(10-13)11-16(17,18)19;/h3-6,13H,7-11H2,1-2H3,(H2,20,21,22);1H. The molecule has 1 aliphatic rings. The lowest BCUT2D eigenvalue weighted by molar-refractivity contribution is -0.143. The van der Waals surface area contributed by atoms with Gasteiger partial charge >= 0.3 is 6.18 Å². The average Bonchev–Trinajstić information content (AvgIpc) is 2.96. The van der Waals surface area contributed by atoms with Crippen LogP contribution in [0.5, 0.6) is 0 Å². The summed E-state index contributed by atoms with van der Waals surface area (Å²) in [6.45, 7) is 0.596. The van der Waals surface area contributed by atoms with Gasteiger partial charge < -0.3 is 10.6 Å². The van der Waals surface area contributed by atoms with Gasteiger partial charge in [0.1, 0.15) is 0 Å². The number of hydrogen-bond acceptors (Lipinski definition) is 3. The Labute approximate surface area is 168 Å². The van der Waals surface area contributed by atoms with Crippen LogP contribution >= 0.6 is 35.7 Å². The first-order valence-electron chi connectivity index (χ1n) is 7.79. The van der Waals surface area contributed by atoms with Crippen molar-refractivity contribution in [3.05, 3.63) is 29.8 Å². The second-order valence-corrected chi connectivity index (χ2v) is 6.63. The molecule has 1 saturated heterocycles. The number of nitrogens with zero attached hydrogens (tertiary/aromatic N) is 2. The van der Waals surface area contributed by atoms with Gasteiger partial charge in [0, 0.05) is 37.6 Å². The van der Waals surface area contributed by atoms with Crippen molar-refractivity contribution in [1.82, 2.24) is 15.5 Å². The average molecular weight is 488 g/mol. The van der Waals surface area contributed by atoms with Crippen LogP contribution in [0.2, 0.25) is 0 Å². The first kappa shape index (κ1) is 22.4. The third kappa shape index (κ3) is 8.04. The Hall–Kier alpha value is -0.680. The van der Waals surface area contributed by atoms with Gasteiger partial charge in [-0.1, -0.05) is 12.1 Å². The number of benzene rings is 1. The monoisotopic (exact) mass is 488 g/mol. The van der Waals surface area contributed by atoms with Crippen molar-refractivity contribution >= 4 is 41.7 Å². The zero-order valence-electron chi connectivity index (χ0n) is 14.3. The minimum Gasteiger partial charge on any atom is -0.352 e. The Morgan fingerprint density at radius 2 is 2.00 bits per heavy atom. The molecule has 9 heteroatoms. The molecule has 2 rings (SSSR count). The summed E-state index contributed by atoms with van der Waals surface area (Å²) in [5, 5.41) is 6.40. The largest absolute Gasteiger partial charge is 0.401 e. The first-order chi connectivity index (χ1) is 11.4. The molecule has 0 amide bonds. The molecule has 0 aromatic heterocycles. The number of rotatable bonds is 5. The zero-order valence-corrected chi connectivity index (χ0v) is 17.4. The molecule has 1 fully saturated rings. The molecule has 1 unspecified atom stereocenters. The van der Waals surface area contributed by atoms with Gasteiger partial charge in [-0.15, -0.1) is 35.7 Å². The SMILES string of the molecule is CN=C(NCc1ccc(SC)cc1)NC1CCN(CC(F)(F)F)C1.I. The van der Waals surface area contributed by atoms with Crippen LogP contribution in [0, 0.1) is 0 Å². The smallest absolute Gasteiger partial charge is 0.352 e. The maximum atomic E-state index is 12.4. The van der Waals surface area contributed by atoms with Crippen LogP contribution in [0.1, 0.15) is 12.0 Å². The molecule has 1 aliphatic heterocycles. The van der Waals surface area contributed by atoms with Crippen molar-refractivity contribution in [3.63, 3.8) is 0 Å². The summed E-state index contributed by atoms with van der Waals surface area (Å²) in [6, 6.07) is 8.20. The number of guanidine groups is 1. The summed E-state index contributed by atoms with van der Waals surface area (Å²) in [5.74, 6) is 0.614. The van der Waals surface area contributed by atoms with Crippen LogP contribution in [0.15, 0.2) is 34.2 Å². The Bertz CT molecular complexity index is 551. The second-order valence-electron chi connectivity index (χ2n) is 5.75. The van der Waals surface area contributed by atoms with Crippen molar-refractivity contribution in [2.24, 2.45) is 4.99 Å². The molecular formula is C16H24F3IN4S. The van der Waals surface area contributed by atoms with Crippen LogP contribution in [0.4, 0.5) is 13.2 Å². The lowest BCUT2D eigenvalue weighted by Crippen LogP contribution is -2.44. The highest BCUT2D eigenvalue weighted by molar-refractivity contribution is 14.0. The molecule has 0 aliphatic carbocycles. The molecule has 1 atom stereocenters. The molecule has 142 valence electrons. The summed E-state index contributed by atoms with van der Waals surface area (Å²) in [7, 11) is 1.66. The quantitative estimate of drug-likeness (QED) is 0.289. The van der Waals surface area contributed by atoms with Crippen LogP contribution in [-0.4, -0.2) is 56.0 Å². The van der Waals surface area contributed by atoms with E-state index in [1.165, 1.54) is 9.80 Å². The van der Waals surface area contributed by atoms with Crippen molar-refractivity contribution < 1.29 is 13.2 Å². The Morgan fingerprint density at radius 1 is 1.32 bits per heavy atom.